The van der Waals surface area contributed by atoms with Crippen molar-refractivity contribution in [2.45, 2.75) is 39.3 Å². The number of aliphatic hydroxyl groups excluding tert-OH is 1. The molecule has 2 rings (SSSR count). The smallest absolute Gasteiger partial charge is 0.0681 e. The lowest BCUT2D eigenvalue weighted by Crippen LogP contribution is -2.41. The molecule has 3 nitrogen and oxygen atoms in total. The highest BCUT2D eigenvalue weighted by molar-refractivity contribution is 5.45. The Morgan fingerprint density at radius 2 is 2.11 bits per heavy atom. The van der Waals surface area contributed by atoms with Crippen molar-refractivity contribution in [3.8, 4) is 0 Å². The minimum absolute atomic E-state index is 0.115. The molecule has 2 N–H and O–H groups in total. The van der Waals surface area contributed by atoms with E-state index in [0.29, 0.717) is 6.04 Å². The van der Waals surface area contributed by atoms with Crippen LogP contribution in [0.2, 0.25) is 0 Å². The fraction of sp³-hybridized carbons (Fsp3) is 0.625. The largest absolute Gasteiger partial charge is 0.392 e. The van der Waals surface area contributed by atoms with E-state index in [0.717, 1.165) is 23.7 Å². The molecule has 0 aliphatic carbocycles. The molecule has 2 unspecified atom stereocenters. The maximum Gasteiger partial charge on any atom is 0.0681 e. The SMILES string of the molecule is CCN1CCCC(C(C)Nc2ccc(CO)cc2)C1. The predicted octanol–water partition coefficient (Wildman–Crippen LogP) is 2.71. The topological polar surface area (TPSA) is 35.5 Å². The van der Waals surface area contributed by atoms with Crippen LogP contribution in [-0.2, 0) is 6.61 Å². The summed E-state index contributed by atoms with van der Waals surface area (Å²) in [7, 11) is 0. The van der Waals surface area contributed by atoms with Gasteiger partial charge < -0.3 is 15.3 Å². The number of hydrogen-bond donors (Lipinski definition) is 2. The number of benzene rings is 1. The summed E-state index contributed by atoms with van der Waals surface area (Å²) in [5, 5.41) is 12.6. The zero-order chi connectivity index (χ0) is 13.7. The van der Waals surface area contributed by atoms with Gasteiger partial charge in [-0.2, -0.15) is 0 Å². The first kappa shape index (κ1) is 14.4. The number of aliphatic hydroxyl groups is 1. The fourth-order valence-electron chi connectivity index (χ4n) is 2.87. The fourth-order valence-corrected chi connectivity index (χ4v) is 2.87. The summed E-state index contributed by atoms with van der Waals surface area (Å²) in [5.74, 6) is 0.728. The molecule has 0 aromatic heterocycles. The number of nitrogens with zero attached hydrogens (tertiary/aromatic N) is 1. The third-order valence-electron chi connectivity index (χ3n) is 4.23. The summed E-state index contributed by atoms with van der Waals surface area (Å²) in [6.07, 6.45) is 2.63. The van der Waals surface area contributed by atoms with Crippen molar-refractivity contribution in [2.24, 2.45) is 5.92 Å². The summed E-state index contributed by atoms with van der Waals surface area (Å²) >= 11 is 0. The normalized spacial score (nSPS) is 22.2. The summed E-state index contributed by atoms with van der Waals surface area (Å²) in [4.78, 5) is 2.54. The molecule has 19 heavy (non-hydrogen) atoms. The maximum absolute atomic E-state index is 9.04. The standard InChI is InChI=1S/C16H26N2O/c1-3-18-10-4-5-15(11-18)13(2)17-16-8-6-14(12-19)7-9-16/h6-9,13,15,17,19H,3-5,10-12H2,1-2H3. The van der Waals surface area contributed by atoms with Gasteiger partial charge in [0.1, 0.15) is 0 Å². The van der Waals surface area contributed by atoms with Gasteiger partial charge in [0, 0.05) is 18.3 Å². The van der Waals surface area contributed by atoms with Crippen LogP contribution in [0.1, 0.15) is 32.3 Å². The van der Waals surface area contributed by atoms with Crippen molar-refractivity contribution in [1.29, 1.82) is 0 Å². The Morgan fingerprint density at radius 3 is 2.74 bits per heavy atom. The maximum atomic E-state index is 9.04. The minimum atomic E-state index is 0.115. The molecule has 1 aromatic rings. The van der Waals surface area contributed by atoms with Gasteiger partial charge in [0.25, 0.3) is 0 Å². The van der Waals surface area contributed by atoms with Crippen LogP contribution >= 0.6 is 0 Å². The molecular formula is C16H26N2O. The van der Waals surface area contributed by atoms with Gasteiger partial charge in [-0.15, -0.1) is 0 Å². The Bertz CT molecular complexity index is 377. The number of hydrogen-bond acceptors (Lipinski definition) is 3. The van der Waals surface area contributed by atoms with E-state index in [1.165, 1.54) is 25.9 Å². The summed E-state index contributed by atoms with van der Waals surface area (Å²) in [6.45, 7) is 8.26. The molecule has 1 heterocycles. The number of nitrogens with one attached hydrogen (secondary N) is 1. The van der Waals surface area contributed by atoms with Crippen LogP contribution in [0.4, 0.5) is 5.69 Å². The van der Waals surface area contributed by atoms with Crippen molar-refractivity contribution < 1.29 is 5.11 Å². The number of piperidine rings is 1. The van der Waals surface area contributed by atoms with Crippen molar-refractivity contribution in [3.63, 3.8) is 0 Å². The van der Waals surface area contributed by atoms with Gasteiger partial charge in [-0.3, -0.25) is 0 Å². The molecule has 1 saturated heterocycles. The van der Waals surface area contributed by atoms with Crippen LogP contribution in [0.15, 0.2) is 24.3 Å². The highest BCUT2D eigenvalue weighted by Crippen LogP contribution is 2.22. The molecule has 0 saturated carbocycles. The molecule has 0 spiro atoms. The van der Waals surface area contributed by atoms with E-state index in [1.54, 1.807) is 0 Å². The van der Waals surface area contributed by atoms with E-state index in [4.69, 9.17) is 5.11 Å². The highest BCUT2D eigenvalue weighted by atomic mass is 16.3. The molecular weight excluding hydrogens is 236 g/mol. The van der Waals surface area contributed by atoms with Gasteiger partial charge >= 0.3 is 0 Å². The van der Waals surface area contributed by atoms with E-state index in [2.05, 4.69) is 36.2 Å². The predicted molar refractivity (Wildman–Crippen MR) is 80.3 cm³/mol. The van der Waals surface area contributed by atoms with E-state index in [-0.39, 0.29) is 6.61 Å². The van der Waals surface area contributed by atoms with Crippen molar-refractivity contribution >= 4 is 5.69 Å². The van der Waals surface area contributed by atoms with Crippen LogP contribution in [0.5, 0.6) is 0 Å². The Hall–Kier alpha value is -1.06. The second kappa shape index (κ2) is 6.92. The Kier molecular flexibility index (Phi) is 5.23. The van der Waals surface area contributed by atoms with E-state index in [9.17, 15) is 0 Å². The molecule has 0 radical (unpaired) electrons. The van der Waals surface area contributed by atoms with E-state index in [1.807, 2.05) is 12.1 Å². The molecule has 3 heteroatoms. The molecule has 106 valence electrons. The molecule has 1 aliphatic heterocycles. The molecule has 1 fully saturated rings. The first-order chi connectivity index (χ1) is 9.22. The van der Waals surface area contributed by atoms with Crippen LogP contribution in [0, 0.1) is 5.92 Å². The quantitative estimate of drug-likeness (QED) is 0.856. The number of likely N-dealkylation sites (tertiary alicyclic amines) is 1. The van der Waals surface area contributed by atoms with E-state index < -0.39 is 0 Å². The molecule has 1 aliphatic rings. The Balaban J connectivity index is 1.90. The lowest BCUT2D eigenvalue weighted by molar-refractivity contribution is 0.172. The first-order valence-corrected chi connectivity index (χ1v) is 7.41. The van der Waals surface area contributed by atoms with Gasteiger partial charge in [-0.05, 0) is 56.5 Å². The zero-order valence-corrected chi connectivity index (χ0v) is 12.1. The van der Waals surface area contributed by atoms with Crippen LogP contribution in [0.25, 0.3) is 0 Å². The third-order valence-corrected chi connectivity index (χ3v) is 4.23. The minimum Gasteiger partial charge on any atom is -0.392 e. The second-order valence-corrected chi connectivity index (χ2v) is 5.58. The first-order valence-electron chi connectivity index (χ1n) is 7.41. The highest BCUT2D eigenvalue weighted by Gasteiger charge is 2.23. The van der Waals surface area contributed by atoms with Gasteiger partial charge in [-0.25, -0.2) is 0 Å². The number of anilines is 1. The average Bonchev–Trinajstić information content (AvgIpc) is 2.48. The van der Waals surface area contributed by atoms with Gasteiger partial charge in [0.05, 0.1) is 6.61 Å². The monoisotopic (exact) mass is 262 g/mol. The second-order valence-electron chi connectivity index (χ2n) is 5.58. The van der Waals surface area contributed by atoms with Crippen LogP contribution in [-0.4, -0.2) is 35.7 Å². The average molecular weight is 262 g/mol. The summed E-state index contributed by atoms with van der Waals surface area (Å²) in [5.41, 5.74) is 2.12. The molecule has 0 amide bonds. The van der Waals surface area contributed by atoms with Gasteiger partial charge in [0.15, 0.2) is 0 Å². The van der Waals surface area contributed by atoms with E-state index >= 15 is 0 Å². The lowest BCUT2D eigenvalue weighted by Gasteiger charge is -2.35. The van der Waals surface area contributed by atoms with Gasteiger partial charge in [-0.1, -0.05) is 19.1 Å². The Labute approximate surface area is 116 Å². The zero-order valence-electron chi connectivity index (χ0n) is 12.1. The van der Waals surface area contributed by atoms with Crippen molar-refractivity contribution in [1.82, 2.24) is 4.90 Å². The molecule has 1 aromatic carbocycles. The van der Waals surface area contributed by atoms with Crippen molar-refractivity contribution in [3.05, 3.63) is 29.8 Å². The Morgan fingerprint density at radius 1 is 1.37 bits per heavy atom. The summed E-state index contributed by atoms with van der Waals surface area (Å²) < 4.78 is 0. The van der Waals surface area contributed by atoms with Crippen molar-refractivity contribution in [2.75, 3.05) is 25.0 Å². The van der Waals surface area contributed by atoms with Crippen LogP contribution < -0.4 is 5.32 Å². The number of rotatable bonds is 5. The lowest BCUT2D eigenvalue weighted by atomic mass is 9.91. The summed E-state index contributed by atoms with van der Waals surface area (Å²) in [6, 6.07) is 8.57. The van der Waals surface area contributed by atoms with Gasteiger partial charge in [0.2, 0.25) is 0 Å². The third kappa shape index (κ3) is 3.95. The van der Waals surface area contributed by atoms with Crippen LogP contribution in [0.3, 0.4) is 0 Å². The molecule has 2 atom stereocenters. The molecule has 0 bridgehead atoms.